The molecule has 1 fully saturated rings. The highest BCUT2D eigenvalue weighted by molar-refractivity contribution is 6.01. The van der Waals surface area contributed by atoms with Crippen LogP contribution in [0, 0.1) is 0 Å². The SMILES string of the molecule is CC(=O)N1CCN(C(=O)c2coc(NC(=O)c3ccco3)n2)CC1. The molecule has 0 unspecified atom stereocenters. The van der Waals surface area contributed by atoms with Crippen LogP contribution in [0.1, 0.15) is 28.0 Å². The zero-order valence-electron chi connectivity index (χ0n) is 13.0. The minimum absolute atomic E-state index is 0.00791. The molecule has 24 heavy (non-hydrogen) atoms. The number of piperazine rings is 1. The molecule has 0 aromatic carbocycles. The van der Waals surface area contributed by atoms with Gasteiger partial charge < -0.3 is 18.6 Å². The Morgan fingerprint density at radius 2 is 1.83 bits per heavy atom. The van der Waals surface area contributed by atoms with E-state index in [1.807, 2.05) is 0 Å². The first-order valence-corrected chi connectivity index (χ1v) is 7.40. The first kappa shape index (κ1) is 15.8. The molecular formula is C15H16N4O5. The number of hydrogen-bond donors (Lipinski definition) is 1. The molecule has 0 radical (unpaired) electrons. The van der Waals surface area contributed by atoms with Crippen molar-refractivity contribution in [2.45, 2.75) is 6.92 Å². The lowest BCUT2D eigenvalue weighted by molar-refractivity contribution is -0.130. The summed E-state index contributed by atoms with van der Waals surface area (Å²) in [5, 5.41) is 2.41. The molecule has 1 aliphatic heterocycles. The predicted octanol–water partition coefficient (Wildman–Crippen LogP) is 0.824. The summed E-state index contributed by atoms with van der Waals surface area (Å²) < 4.78 is 10.1. The van der Waals surface area contributed by atoms with E-state index in [1.165, 1.54) is 25.5 Å². The van der Waals surface area contributed by atoms with Gasteiger partial charge in [0.25, 0.3) is 11.8 Å². The van der Waals surface area contributed by atoms with E-state index in [0.717, 1.165) is 0 Å². The lowest BCUT2D eigenvalue weighted by Crippen LogP contribution is -2.50. The molecule has 2 aromatic heterocycles. The highest BCUT2D eigenvalue weighted by Crippen LogP contribution is 2.13. The van der Waals surface area contributed by atoms with Crippen LogP contribution in [-0.4, -0.2) is 58.7 Å². The van der Waals surface area contributed by atoms with Crippen molar-refractivity contribution in [3.05, 3.63) is 36.1 Å². The van der Waals surface area contributed by atoms with Gasteiger partial charge in [0.15, 0.2) is 11.5 Å². The fraction of sp³-hybridized carbons (Fsp3) is 0.333. The van der Waals surface area contributed by atoms with Crippen molar-refractivity contribution >= 4 is 23.7 Å². The highest BCUT2D eigenvalue weighted by Gasteiger charge is 2.25. The Hall–Kier alpha value is -3.10. The summed E-state index contributed by atoms with van der Waals surface area (Å²) in [6, 6.07) is 3.00. The van der Waals surface area contributed by atoms with E-state index < -0.39 is 5.91 Å². The van der Waals surface area contributed by atoms with Crippen LogP contribution >= 0.6 is 0 Å². The third-order valence-corrected chi connectivity index (χ3v) is 3.70. The molecule has 1 saturated heterocycles. The highest BCUT2D eigenvalue weighted by atomic mass is 16.4. The smallest absolute Gasteiger partial charge is 0.302 e. The van der Waals surface area contributed by atoms with E-state index in [4.69, 9.17) is 8.83 Å². The first-order chi connectivity index (χ1) is 11.5. The summed E-state index contributed by atoms with van der Waals surface area (Å²) >= 11 is 0. The summed E-state index contributed by atoms with van der Waals surface area (Å²) in [5.41, 5.74) is 0.0982. The number of furan rings is 1. The second-order valence-electron chi connectivity index (χ2n) is 5.27. The molecule has 1 aliphatic rings. The van der Waals surface area contributed by atoms with Crippen molar-refractivity contribution in [3.8, 4) is 0 Å². The molecule has 3 amide bonds. The fourth-order valence-corrected chi connectivity index (χ4v) is 2.38. The quantitative estimate of drug-likeness (QED) is 0.891. The molecule has 3 rings (SSSR count). The minimum Gasteiger partial charge on any atom is -0.459 e. The Kier molecular flexibility index (Phi) is 4.32. The van der Waals surface area contributed by atoms with Crippen LogP contribution in [0.25, 0.3) is 0 Å². The minimum atomic E-state index is -0.518. The zero-order valence-corrected chi connectivity index (χ0v) is 13.0. The Balaban J connectivity index is 1.60. The number of oxazole rings is 1. The van der Waals surface area contributed by atoms with Gasteiger partial charge in [-0.25, -0.2) is 0 Å². The molecule has 0 bridgehead atoms. The number of amides is 3. The summed E-state index contributed by atoms with van der Waals surface area (Å²) in [5.74, 6) is -0.718. The molecule has 9 nitrogen and oxygen atoms in total. The van der Waals surface area contributed by atoms with Crippen LogP contribution in [0.5, 0.6) is 0 Å². The third-order valence-electron chi connectivity index (χ3n) is 3.70. The van der Waals surface area contributed by atoms with Gasteiger partial charge in [-0.2, -0.15) is 4.98 Å². The Labute approximate surface area is 137 Å². The molecule has 2 aromatic rings. The number of carbonyl (C=O) groups excluding carboxylic acids is 3. The number of hydrogen-bond acceptors (Lipinski definition) is 6. The van der Waals surface area contributed by atoms with Gasteiger partial charge in [-0.1, -0.05) is 0 Å². The average molecular weight is 332 g/mol. The summed E-state index contributed by atoms with van der Waals surface area (Å²) in [6.07, 6.45) is 2.57. The van der Waals surface area contributed by atoms with E-state index in [-0.39, 0.29) is 29.3 Å². The van der Waals surface area contributed by atoms with Crippen LogP contribution in [0.15, 0.2) is 33.5 Å². The van der Waals surface area contributed by atoms with Crippen molar-refractivity contribution in [2.24, 2.45) is 0 Å². The van der Waals surface area contributed by atoms with Crippen molar-refractivity contribution < 1.29 is 23.2 Å². The number of carbonyl (C=O) groups is 3. The molecule has 126 valence electrons. The summed E-state index contributed by atoms with van der Waals surface area (Å²) in [6.45, 7) is 3.34. The van der Waals surface area contributed by atoms with Gasteiger partial charge in [0, 0.05) is 33.1 Å². The summed E-state index contributed by atoms with van der Waals surface area (Å²) in [7, 11) is 0. The van der Waals surface area contributed by atoms with Gasteiger partial charge in [0.1, 0.15) is 6.26 Å². The van der Waals surface area contributed by atoms with Crippen molar-refractivity contribution in [3.63, 3.8) is 0 Å². The topological polar surface area (TPSA) is 109 Å². The molecule has 0 atom stereocenters. The molecule has 3 heterocycles. The van der Waals surface area contributed by atoms with Crippen LogP contribution < -0.4 is 5.32 Å². The van der Waals surface area contributed by atoms with E-state index in [0.29, 0.717) is 26.2 Å². The molecule has 1 N–H and O–H groups in total. The van der Waals surface area contributed by atoms with Gasteiger partial charge in [0.05, 0.1) is 6.26 Å². The van der Waals surface area contributed by atoms with Gasteiger partial charge in [-0.15, -0.1) is 0 Å². The van der Waals surface area contributed by atoms with E-state index in [2.05, 4.69) is 10.3 Å². The monoisotopic (exact) mass is 332 g/mol. The molecule has 0 aliphatic carbocycles. The van der Waals surface area contributed by atoms with E-state index >= 15 is 0 Å². The van der Waals surface area contributed by atoms with Crippen LogP contribution in [0.4, 0.5) is 6.01 Å². The maximum Gasteiger partial charge on any atom is 0.302 e. The predicted molar refractivity (Wildman–Crippen MR) is 81.3 cm³/mol. The van der Waals surface area contributed by atoms with Crippen molar-refractivity contribution in [1.29, 1.82) is 0 Å². The standard InChI is InChI=1S/C15H16N4O5/c1-10(20)18-4-6-19(7-5-18)14(22)11-9-24-15(16-11)17-13(21)12-3-2-8-23-12/h2-3,8-9H,4-7H2,1H3,(H,16,17,21). The van der Waals surface area contributed by atoms with E-state index in [1.54, 1.807) is 15.9 Å². The number of anilines is 1. The molecule has 0 spiro atoms. The second-order valence-corrected chi connectivity index (χ2v) is 5.27. The number of nitrogens with zero attached hydrogens (tertiary/aromatic N) is 3. The van der Waals surface area contributed by atoms with Gasteiger partial charge in [-0.05, 0) is 12.1 Å². The normalized spacial score (nSPS) is 14.5. The largest absolute Gasteiger partial charge is 0.459 e. The lowest BCUT2D eigenvalue weighted by atomic mass is 10.3. The number of rotatable bonds is 3. The molecular weight excluding hydrogens is 316 g/mol. The van der Waals surface area contributed by atoms with Gasteiger partial charge in [-0.3, -0.25) is 19.7 Å². The lowest BCUT2D eigenvalue weighted by Gasteiger charge is -2.33. The van der Waals surface area contributed by atoms with Crippen molar-refractivity contribution in [2.75, 3.05) is 31.5 Å². The first-order valence-electron chi connectivity index (χ1n) is 7.40. The zero-order chi connectivity index (χ0) is 17.1. The molecule has 9 heteroatoms. The number of nitrogens with one attached hydrogen (secondary N) is 1. The summed E-state index contributed by atoms with van der Waals surface area (Å²) in [4.78, 5) is 42.7. The maximum atomic E-state index is 12.4. The van der Waals surface area contributed by atoms with E-state index in [9.17, 15) is 14.4 Å². The fourth-order valence-electron chi connectivity index (χ4n) is 2.38. The van der Waals surface area contributed by atoms with Gasteiger partial charge in [0.2, 0.25) is 5.91 Å². The average Bonchev–Trinajstić information content (AvgIpc) is 3.26. The third kappa shape index (κ3) is 3.29. The Morgan fingerprint density at radius 3 is 2.46 bits per heavy atom. The van der Waals surface area contributed by atoms with Crippen LogP contribution in [0.3, 0.4) is 0 Å². The maximum absolute atomic E-state index is 12.4. The van der Waals surface area contributed by atoms with Crippen LogP contribution in [0.2, 0.25) is 0 Å². The molecule has 0 saturated carbocycles. The number of aromatic nitrogens is 1. The van der Waals surface area contributed by atoms with Crippen LogP contribution in [-0.2, 0) is 4.79 Å². The Bertz CT molecular complexity index is 744. The Morgan fingerprint density at radius 1 is 1.12 bits per heavy atom. The van der Waals surface area contributed by atoms with Crippen molar-refractivity contribution in [1.82, 2.24) is 14.8 Å². The second kappa shape index (κ2) is 6.57. The van der Waals surface area contributed by atoms with Gasteiger partial charge >= 0.3 is 6.01 Å².